The fraction of sp³-hybridized carbons (Fsp3) is 0.600. The summed E-state index contributed by atoms with van der Waals surface area (Å²) in [5.74, 6) is 0.517. The number of hydrogen-bond acceptors (Lipinski definition) is 5. The van der Waals surface area contributed by atoms with E-state index in [1.807, 2.05) is 0 Å². The van der Waals surface area contributed by atoms with Crippen LogP contribution in [0.5, 0.6) is 11.5 Å². The van der Waals surface area contributed by atoms with Crippen molar-refractivity contribution in [2.75, 3.05) is 33.5 Å². The summed E-state index contributed by atoms with van der Waals surface area (Å²) in [7, 11) is 1.64. The van der Waals surface area contributed by atoms with Crippen molar-refractivity contribution >= 4 is 5.70 Å². The molecule has 2 heterocycles. The molecule has 1 N–H and O–H groups in total. The van der Waals surface area contributed by atoms with Gasteiger partial charge in [-0.1, -0.05) is 6.92 Å². The molecular weight excluding hydrogens is 337 g/mol. The molecule has 1 aromatic rings. The van der Waals surface area contributed by atoms with Gasteiger partial charge < -0.3 is 24.3 Å². The van der Waals surface area contributed by atoms with E-state index in [0.717, 1.165) is 24.1 Å². The Morgan fingerprint density at radius 1 is 1.27 bits per heavy atom. The Morgan fingerprint density at radius 2 is 2.08 bits per heavy atom. The van der Waals surface area contributed by atoms with Gasteiger partial charge in [0.15, 0.2) is 11.6 Å². The number of fused-ring (bicyclic) bond motifs is 1. The third-order valence-electron chi connectivity index (χ3n) is 5.13. The SMILES string of the molecule is COCCCOc1cc2c(cc1F)C(NC1CC1)=CC(C1(C)COC1)O2. The van der Waals surface area contributed by atoms with Gasteiger partial charge in [-0.2, -0.15) is 0 Å². The lowest BCUT2D eigenvalue weighted by Crippen LogP contribution is -2.51. The molecule has 142 valence electrons. The van der Waals surface area contributed by atoms with Crippen molar-refractivity contribution in [2.45, 2.75) is 38.3 Å². The number of hydrogen-bond donors (Lipinski definition) is 1. The van der Waals surface area contributed by atoms with Gasteiger partial charge >= 0.3 is 0 Å². The molecule has 2 aliphatic heterocycles. The van der Waals surface area contributed by atoms with Crippen LogP contribution in [0.15, 0.2) is 18.2 Å². The Morgan fingerprint density at radius 3 is 2.73 bits per heavy atom. The highest BCUT2D eigenvalue weighted by atomic mass is 19.1. The molecule has 1 aromatic carbocycles. The maximum Gasteiger partial charge on any atom is 0.166 e. The second kappa shape index (κ2) is 7.08. The first-order valence-corrected chi connectivity index (χ1v) is 9.27. The summed E-state index contributed by atoms with van der Waals surface area (Å²) in [4.78, 5) is 0. The quantitative estimate of drug-likeness (QED) is 0.719. The predicted molar refractivity (Wildman–Crippen MR) is 95.9 cm³/mol. The van der Waals surface area contributed by atoms with Crippen molar-refractivity contribution in [1.29, 1.82) is 0 Å². The van der Waals surface area contributed by atoms with Crippen molar-refractivity contribution in [2.24, 2.45) is 5.41 Å². The third-order valence-corrected chi connectivity index (χ3v) is 5.13. The van der Waals surface area contributed by atoms with Crippen molar-refractivity contribution in [1.82, 2.24) is 5.32 Å². The van der Waals surface area contributed by atoms with Gasteiger partial charge in [0, 0.05) is 43.5 Å². The molecule has 0 amide bonds. The highest BCUT2D eigenvalue weighted by Gasteiger charge is 2.44. The third kappa shape index (κ3) is 3.53. The van der Waals surface area contributed by atoms with E-state index in [4.69, 9.17) is 18.9 Å². The molecule has 1 aliphatic carbocycles. The normalized spacial score (nSPS) is 23.3. The van der Waals surface area contributed by atoms with Gasteiger partial charge in [0.25, 0.3) is 0 Å². The number of benzene rings is 1. The lowest BCUT2D eigenvalue weighted by molar-refractivity contribution is -0.141. The van der Waals surface area contributed by atoms with E-state index in [0.29, 0.717) is 44.6 Å². The van der Waals surface area contributed by atoms with Crippen LogP contribution in [0.2, 0.25) is 0 Å². The molecule has 1 saturated heterocycles. The van der Waals surface area contributed by atoms with E-state index in [1.165, 1.54) is 6.07 Å². The Balaban J connectivity index is 1.58. The minimum atomic E-state index is -0.370. The second-order valence-corrected chi connectivity index (χ2v) is 7.66. The first-order valence-electron chi connectivity index (χ1n) is 9.27. The summed E-state index contributed by atoms with van der Waals surface area (Å²) in [5, 5.41) is 3.52. The Labute approximate surface area is 153 Å². The van der Waals surface area contributed by atoms with Gasteiger partial charge in [0.1, 0.15) is 11.9 Å². The van der Waals surface area contributed by atoms with Crippen LogP contribution in [0.3, 0.4) is 0 Å². The topological polar surface area (TPSA) is 49.0 Å². The first kappa shape index (κ1) is 17.6. The van der Waals surface area contributed by atoms with Gasteiger partial charge in [-0.15, -0.1) is 0 Å². The Hall–Kier alpha value is -1.79. The van der Waals surface area contributed by atoms with Crippen molar-refractivity contribution in [3.8, 4) is 11.5 Å². The van der Waals surface area contributed by atoms with Crippen LogP contribution in [0, 0.1) is 11.2 Å². The average Bonchev–Trinajstić information content (AvgIpc) is 3.41. The number of methoxy groups -OCH3 is 1. The summed E-state index contributed by atoms with van der Waals surface area (Å²) in [6.07, 6.45) is 5.00. The van der Waals surface area contributed by atoms with E-state index >= 15 is 0 Å². The molecule has 26 heavy (non-hydrogen) atoms. The van der Waals surface area contributed by atoms with E-state index in [-0.39, 0.29) is 23.1 Å². The molecule has 0 radical (unpaired) electrons. The number of halogens is 1. The maximum atomic E-state index is 14.5. The van der Waals surface area contributed by atoms with Gasteiger partial charge in [0.2, 0.25) is 0 Å². The molecule has 1 saturated carbocycles. The Bertz CT molecular complexity index is 697. The summed E-state index contributed by atoms with van der Waals surface area (Å²) >= 11 is 0. The summed E-state index contributed by atoms with van der Waals surface area (Å²) in [5.41, 5.74) is 1.66. The van der Waals surface area contributed by atoms with E-state index < -0.39 is 0 Å². The monoisotopic (exact) mass is 363 g/mol. The van der Waals surface area contributed by atoms with Crippen LogP contribution >= 0.6 is 0 Å². The highest BCUT2D eigenvalue weighted by Crippen LogP contribution is 2.43. The average molecular weight is 363 g/mol. The smallest absolute Gasteiger partial charge is 0.166 e. The zero-order valence-corrected chi connectivity index (χ0v) is 15.3. The van der Waals surface area contributed by atoms with Crippen molar-refractivity contribution < 1.29 is 23.3 Å². The standard InChI is InChI=1S/C20H26FNO4/c1-20(11-24-12-20)19-9-16(22-13-4-5-13)14-8-15(21)18(10-17(14)26-19)25-7-3-6-23-2/h8-10,13,19,22H,3-7,11-12H2,1-2H3. The molecule has 0 aromatic heterocycles. The summed E-state index contributed by atoms with van der Waals surface area (Å²) in [6.45, 7) is 4.48. The van der Waals surface area contributed by atoms with E-state index in [9.17, 15) is 4.39 Å². The first-order chi connectivity index (χ1) is 12.6. The van der Waals surface area contributed by atoms with Gasteiger partial charge in [-0.25, -0.2) is 4.39 Å². The molecule has 0 spiro atoms. The molecule has 6 heteroatoms. The molecular formula is C20H26FNO4. The van der Waals surface area contributed by atoms with Crippen LogP contribution < -0.4 is 14.8 Å². The lowest BCUT2D eigenvalue weighted by atomic mass is 9.80. The van der Waals surface area contributed by atoms with Crippen LogP contribution in [-0.4, -0.2) is 45.7 Å². The van der Waals surface area contributed by atoms with Crippen LogP contribution in [-0.2, 0) is 9.47 Å². The lowest BCUT2D eigenvalue weighted by Gasteiger charge is -2.44. The number of rotatable bonds is 8. The van der Waals surface area contributed by atoms with E-state index in [2.05, 4.69) is 18.3 Å². The molecule has 0 bridgehead atoms. The summed E-state index contributed by atoms with van der Waals surface area (Å²) in [6, 6.07) is 3.67. The molecule has 3 aliphatic rings. The molecule has 5 nitrogen and oxygen atoms in total. The highest BCUT2D eigenvalue weighted by molar-refractivity contribution is 5.73. The second-order valence-electron chi connectivity index (χ2n) is 7.66. The fourth-order valence-corrected chi connectivity index (χ4v) is 3.26. The minimum Gasteiger partial charge on any atom is -0.490 e. The van der Waals surface area contributed by atoms with Crippen LogP contribution in [0.1, 0.15) is 31.7 Å². The van der Waals surface area contributed by atoms with Gasteiger partial charge in [0.05, 0.1) is 25.2 Å². The zero-order valence-electron chi connectivity index (χ0n) is 15.3. The molecule has 1 atom stereocenters. The Kier molecular flexibility index (Phi) is 4.80. The van der Waals surface area contributed by atoms with Crippen molar-refractivity contribution in [3.05, 3.63) is 29.6 Å². The van der Waals surface area contributed by atoms with Crippen molar-refractivity contribution in [3.63, 3.8) is 0 Å². The molecule has 4 rings (SSSR count). The van der Waals surface area contributed by atoms with Crippen LogP contribution in [0.4, 0.5) is 4.39 Å². The summed E-state index contributed by atoms with van der Waals surface area (Å²) < 4.78 is 36.8. The molecule has 1 unspecified atom stereocenters. The number of nitrogens with one attached hydrogen (secondary N) is 1. The predicted octanol–water partition coefficient (Wildman–Crippen LogP) is 3.13. The zero-order chi connectivity index (χ0) is 18.1. The maximum absolute atomic E-state index is 14.5. The van der Waals surface area contributed by atoms with Gasteiger partial charge in [-0.05, 0) is 25.0 Å². The van der Waals surface area contributed by atoms with Crippen LogP contribution in [0.25, 0.3) is 5.70 Å². The largest absolute Gasteiger partial charge is 0.490 e. The molecule has 2 fully saturated rings. The van der Waals surface area contributed by atoms with E-state index in [1.54, 1.807) is 13.2 Å². The van der Waals surface area contributed by atoms with Gasteiger partial charge in [-0.3, -0.25) is 0 Å². The fourth-order valence-electron chi connectivity index (χ4n) is 3.26. The number of ether oxygens (including phenoxy) is 4. The minimum absolute atomic E-state index is 0.0535.